The van der Waals surface area contributed by atoms with Crippen LogP contribution in [0.1, 0.15) is 0 Å². The molecule has 0 bridgehead atoms. The molecular weight excluding hydrogens is 272 g/mol. The van der Waals surface area contributed by atoms with Crippen molar-refractivity contribution in [3.8, 4) is 5.75 Å². The van der Waals surface area contributed by atoms with E-state index in [2.05, 4.69) is 0 Å². The molecule has 0 saturated heterocycles. The van der Waals surface area contributed by atoms with Gasteiger partial charge in [-0.05, 0) is 29.7 Å². The largest absolute Gasteiger partial charge is 0.492 e. The Kier molecular flexibility index (Phi) is 5.19. The Morgan fingerprint density at radius 3 is 2.38 bits per heavy atom. The third-order valence-corrected chi connectivity index (χ3v) is 3.14. The van der Waals surface area contributed by atoms with E-state index >= 15 is 0 Å². The number of likely N-dealkylation sites (N-methyl/N-ethyl adjacent to an activating group) is 1. The number of anilines is 1. The van der Waals surface area contributed by atoms with Crippen molar-refractivity contribution in [1.29, 1.82) is 0 Å². The van der Waals surface area contributed by atoms with Gasteiger partial charge in [0.25, 0.3) is 0 Å². The fraction of sp³-hybridized carbons (Fsp3) is 0.200. The highest BCUT2D eigenvalue weighted by molar-refractivity contribution is 6.58. The summed E-state index contributed by atoms with van der Waals surface area (Å²) in [4.78, 5) is 1.78. The van der Waals surface area contributed by atoms with Crippen molar-refractivity contribution in [2.45, 2.75) is 0 Å². The molecule has 110 valence electrons. The summed E-state index contributed by atoms with van der Waals surface area (Å²) >= 11 is 0. The number of hydrogen-bond acceptors (Lipinski definition) is 4. The third kappa shape index (κ3) is 4.21. The molecule has 0 fully saturated rings. The van der Waals surface area contributed by atoms with Crippen molar-refractivity contribution < 1.29 is 19.2 Å². The second kappa shape index (κ2) is 7.10. The zero-order chi connectivity index (χ0) is 15.2. The van der Waals surface area contributed by atoms with Crippen LogP contribution in [0, 0.1) is 5.82 Å². The molecule has 0 amide bonds. The molecule has 0 aliphatic carbocycles. The first-order valence-electron chi connectivity index (χ1n) is 6.62. The smallest absolute Gasteiger partial charge is 0.488 e. The van der Waals surface area contributed by atoms with Crippen LogP contribution in [0.25, 0.3) is 0 Å². The first-order valence-corrected chi connectivity index (χ1v) is 6.62. The van der Waals surface area contributed by atoms with Gasteiger partial charge in [-0.3, -0.25) is 0 Å². The maximum absolute atomic E-state index is 13.6. The number of para-hydroxylation sites is 1. The van der Waals surface area contributed by atoms with E-state index in [1.54, 1.807) is 54.4 Å². The average molecular weight is 289 g/mol. The minimum absolute atomic E-state index is 0.263. The summed E-state index contributed by atoms with van der Waals surface area (Å²) in [6.45, 7) is 0.928. The van der Waals surface area contributed by atoms with E-state index in [1.807, 2.05) is 0 Å². The monoisotopic (exact) mass is 289 g/mol. The number of halogens is 1. The number of hydrogen-bond donors (Lipinski definition) is 2. The highest BCUT2D eigenvalue weighted by Gasteiger charge is 2.10. The lowest BCUT2D eigenvalue weighted by Crippen LogP contribution is -2.29. The zero-order valence-corrected chi connectivity index (χ0v) is 11.7. The molecule has 0 spiro atoms. The van der Waals surface area contributed by atoms with Gasteiger partial charge in [0.05, 0.1) is 12.2 Å². The summed E-state index contributed by atoms with van der Waals surface area (Å²) in [5.41, 5.74) is 0.936. The Bertz CT molecular complexity index is 577. The molecule has 0 aliphatic rings. The Morgan fingerprint density at radius 1 is 1.10 bits per heavy atom. The normalized spacial score (nSPS) is 10.3. The summed E-state index contributed by atoms with van der Waals surface area (Å²) in [6.07, 6.45) is 0. The molecule has 2 N–H and O–H groups in total. The summed E-state index contributed by atoms with van der Waals surface area (Å²) in [5, 5.41) is 18.0. The van der Waals surface area contributed by atoms with Gasteiger partial charge in [0.2, 0.25) is 0 Å². The van der Waals surface area contributed by atoms with Gasteiger partial charge in [0.1, 0.15) is 18.2 Å². The van der Waals surface area contributed by atoms with Crippen LogP contribution >= 0.6 is 0 Å². The molecule has 0 atom stereocenters. The molecule has 0 heterocycles. The van der Waals surface area contributed by atoms with Crippen LogP contribution in [0.3, 0.4) is 0 Å². The SMILES string of the molecule is CN(CCOc1ccc(B(O)O)cc1)c1ccccc1F. The van der Waals surface area contributed by atoms with Crippen molar-refractivity contribution >= 4 is 18.3 Å². The van der Waals surface area contributed by atoms with Gasteiger partial charge >= 0.3 is 7.12 Å². The number of nitrogens with zero attached hydrogens (tertiary/aromatic N) is 1. The third-order valence-electron chi connectivity index (χ3n) is 3.14. The van der Waals surface area contributed by atoms with Crippen LogP contribution in [-0.2, 0) is 0 Å². The fourth-order valence-corrected chi connectivity index (χ4v) is 1.92. The van der Waals surface area contributed by atoms with Crippen LogP contribution in [0.2, 0.25) is 0 Å². The second-order valence-electron chi connectivity index (χ2n) is 4.66. The van der Waals surface area contributed by atoms with Gasteiger partial charge in [-0.25, -0.2) is 4.39 Å². The standard InChI is InChI=1S/C15H17BFNO3/c1-18(15-5-3-2-4-14(15)17)10-11-21-13-8-6-12(7-9-13)16(19)20/h2-9,19-20H,10-11H2,1H3. The van der Waals surface area contributed by atoms with Gasteiger partial charge in [-0.2, -0.15) is 0 Å². The van der Waals surface area contributed by atoms with Crippen LogP contribution in [0.4, 0.5) is 10.1 Å². The van der Waals surface area contributed by atoms with Crippen molar-refractivity contribution in [2.75, 3.05) is 25.1 Å². The predicted octanol–water partition coefficient (Wildman–Crippen LogP) is 1.02. The fourth-order valence-electron chi connectivity index (χ4n) is 1.92. The van der Waals surface area contributed by atoms with Crippen LogP contribution < -0.4 is 15.1 Å². The van der Waals surface area contributed by atoms with E-state index in [1.165, 1.54) is 6.07 Å². The highest BCUT2D eigenvalue weighted by atomic mass is 19.1. The average Bonchev–Trinajstić information content (AvgIpc) is 2.48. The Hall–Kier alpha value is -2.05. The van der Waals surface area contributed by atoms with Gasteiger partial charge in [-0.15, -0.1) is 0 Å². The molecule has 0 saturated carbocycles. The number of benzene rings is 2. The summed E-state index contributed by atoms with van der Waals surface area (Å²) in [6, 6.07) is 13.1. The Labute approximate surface area is 123 Å². The summed E-state index contributed by atoms with van der Waals surface area (Å²) < 4.78 is 19.1. The first kappa shape index (κ1) is 15.3. The van der Waals surface area contributed by atoms with Crippen LogP contribution in [0.15, 0.2) is 48.5 Å². The minimum Gasteiger partial charge on any atom is -0.492 e. The highest BCUT2D eigenvalue weighted by Crippen LogP contribution is 2.16. The van der Waals surface area contributed by atoms with Gasteiger partial charge in [0.15, 0.2) is 0 Å². The van der Waals surface area contributed by atoms with Gasteiger partial charge < -0.3 is 19.7 Å². The lowest BCUT2D eigenvalue weighted by molar-refractivity contribution is 0.325. The molecular formula is C15H17BFNO3. The molecule has 4 nitrogen and oxygen atoms in total. The van der Waals surface area contributed by atoms with E-state index in [4.69, 9.17) is 14.8 Å². The molecule has 0 radical (unpaired) electrons. The maximum Gasteiger partial charge on any atom is 0.488 e. The molecule has 2 aromatic rings. The Balaban J connectivity index is 1.85. The Morgan fingerprint density at radius 2 is 1.76 bits per heavy atom. The first-order chi connectivity index (χ1) is 10.1. The maximum atomic E-state index is 13.6. The van der Waals surface area contributed by atoms with E-state index in [0.29, 0.717) is 30.1 Å². The summed E-state index contributed by atoms with van der Waals surface area (Å²) in [5.74, 6) is 0.364. The number of rotatable bonds is 6. The van der Waals surface area contributed by atoms with E-state index < -0.39 is 7.12 Å². The molecule has 0 unspecified atom stereocenters. The molecule has 2 rings (SSSR count). The predicted molar refractivity (Wildman–Crippen MR) is 81.4 cm³/mol. The van der Waals surface area contributed by atoms with Crippen molar-refractivity contribution in [1.82, 2.24) is 0 Å². The van der Waals surface area contributed by atoms with E-state index in [-0.39, 0.29) is 5.82 Å². The summed E-state index contributed by atoms with van der Waals surface area (Å²) in [7, 11) is 0.318. The van der Waals surface area contributed by atoms with Crippen LogP contribution in [-0.4, -0.2) is 37.4 Å². The quantitative estimate of drug-likeness (QED) is 0.780. The zero-order valence-electron chi connectivity index (χ0n) is 11.7. The molecule has 0 aliphatic heterocycles. The van der Waals surface area contributed by atoms with Gasteiger partial charge in [0, 0.05) is 7.05 Å². The van der Waals surface area contributed by atoms with Gasteiger partial charge in [-0.1, -0.05) is 24.3 Å². The molecule has 21 heavy (non-hydrogen) atoms. The number of ether oxygens (including phenoxy) is 1. The van der Waals surface area contributed by atoms with Crippen molar-refractivity contribution in [2.24, 2.45) is 0 Å². The lowest BCUT2D eigenvalue weighted by Gasteiger charge is -2.20. The van der Waals surface area contributed by atoms with Crippen LogP contribution in [0.5, 0.6) is 5.75 Å². The van der Waals surface area contributed by atoms with E-state index in [0.717, 1.165) is 0 Å². The molecule has 6 heteroatoms. The topological polar surface area (TPSA) is 52.9 Å². The minimum atomic E-state index is -1.48. The molecule has 0 aromatic heterocycles. The van der Waals surface area contributed by atoms with Crippen molar-refractivity contribution in [3.63, 3.8) is 0 Å². The molecule has 2 aromatic carbocycles. The van der Waals surface area contributed by atoms with Crippen molar-refractivity contribution in [3.05, 3.63) is 54.3 Å². The lowest BCUT2D eigenvalue weighted by atomic mass is 9.80. The van der Waals surface area contributed by atoms with E-state index in [9.17, 15) is 4.39 Å². The second-order valence-corrected chi connectivity index (χ2v) is 4.66.